The Labute approximate surface area is 98.0 Å². The molecule has 7 heteroatoms. The summed E-state index contributed by atoms with van der Waals surface area (Å²) in [5.41, 5.74) is 0.742. The molecule has 2 aromatic rings. The molecule has 0 aliphatic rings. The summed E-state index contributed by atoms with van der Waals surface area (Å²) in [6.07, 6.45) is 0. The second-order valence-corrected chi connectivity index (χ2v) is 6.62. The number of benzene rings is 1. The largest absolute Gasteiger partial charge is 0.294 e. The Morgan fingerprint density at radius 1 is 1.43 bits per heavy atom. The maximum absolute atomic E-state index is 10.8. The molecule has 0 aliphatic carbocycles. The zero-order valence-corrected chi connectivity index (χ0v) is 10.4. The van der Waals surface area contributed by atoms with E-state index in [0.717, 1.165) is 13.8 Å². The van der Waals surface area contributed by atoms with Crippen molar-refractivity contribution in [3.05, 3.63) is 21.1 Å². The number of hydrogen-bond donors (Lipinski definition) is 1. The van der Waals surface area contributed by atoms with Crippen LogP contribution in [0.3, 0.4) is 0 Å². The Morgan fingerprint density at radius 3 is 2.79 bits per heavy atom. The van der Waals surface area contributed by atoms with Gasteiger partial charge in [0.2, 0.25) is 0 Å². The van der Waals surface area contributed by atoms with Crippen molar-refractivity contribution in [2.45, 2.75) is 4.90 Å². The number of aromatic nitrogens is 1. The first-order chi connectivity index (χ1) is 6.48. The van der Waals surface area contributed by atoms with E-state index in [4.69, 9.17) is 4.55 Å². The molecule has 4 nitrogen and oxygen atoms in total. The minimum Gasteiger partial charge on any atom is -0.282 e. The molecule has 74 valence electrons. The molecule has 1 heterocycles. The van der Waals surface area contributed by atoms with Gasteiger partial charge in [-0.25, -0.2) is 0 Å². The fraction of sp³-hybridized carbons (Fsp3) is 0. The van der Waals surface area contributed by atoms with Crippen LogP contribution >= 0.6 is 34.1 Å². The van der Waals surface area contributed by atoms with Gasteiger partial charge in [-0.3, -0.25) is 4.55 Å². The topological polar surface area (TPSA) is 67.3 Å². The van der Waals surface area contributed by atoms with Gasteiger partial charge in [-0.15, -0.1) is 0 Å². The van der Waals surface area contributed by atoms with Crippen LogP contribution < -0.4 is 0 Å². The van der Waals surface area contributed by atoms with Gasteiger partial charge in [-0.1, -0.05) is 0 Å². The summed E-state index contributed by atoms with van der Waals surface area (Å²) in [4.78, 5) is -0.0943. The van der Waals surface area contributed by atoms with E-state index in [9.17, 15) is 8.42 Å². The smallest absolute Gasteiger partial charge is 0.282 e. The molecule has 0 spiro atoms. The zero-order valence-electron chi connectivity index (χ0n) is 6.64. The zero-order chi connectivity index (χ0) is 10.3. The highest BCUT2D eigenvalue weighted by molar-refractivity contribution is 14.1. The molecule has 0 unspecified atom stereocenters. The van der Waals surface area contributed by atoms with E-state index < -0.39 is 10.1 Å². The molecule has 0 saturated carbocycles. The highest BCUT2D eigenvalue weighted by atomic mass is 127. The van der Waals surface area contributed by atoms with Gasteiger partial charge < -0.3 is 0 Å². The Bertz CT molecular complexity index is 590. The van der Waals surface area contributed by atoms with Crippen LogP contribution in [0.2, 0.25) is 0 Å². The minimum absolute atomic E-state index is 0.0943. The molecule has 0 saturated heterocycles. The van der Waals surface area contributed by atoms with Crippen LogP contribution in [0.1, 0.15) is 0 Å². The third kappa shape index (κ3) is 1.76. The van der Waals surface area contributed by atoms with E-state index >= 15 is 0 Å². The standard InChI is InChI=1S/C7H4INO3S2/c8-7-5-3-4(14(10,11)12)1-2-6(5)9-13-7/h1-3H,(H,10,11,12). The van der Waals surface area contributed by atoms with Crippen LogP contribution in [0.5, 0.6) is 0 Å². The van der Waals surface area contributed by atoms with Gasteiger partial charge in [-0.2, -0.15) is 12.8 Å². The van der Waals surface area contributed by atoms with Crippen molar-refractivity contribution in [3.63, 3.8) is 0 Å². The normalized spacial score (nSPS) is 12.1. The summed E-state index contributed by atoms with van der Waals surface area (Å²) in [7, 11) is -4.12. The quantitative estimate of drug-likeness (QED) is 0.638. The van der Waals surface area contributed by atoms with E-state index in [-0.39, 0.29) is 4.90 Å². The van der Waals surface area contributed by atoms with Crippen LogP contribution in [0, 0.1) is 2.88 Å². The van der Waals surface area contributed by atoms with Crippen LogP contribution in [-0.2, 0) is 10.1 Å². The number of hydrogen-bond acceptors (Lipinski definition) is 4. The Morgan fingerprint density at radius 2 is 2.14 bits per heavy atom. The molecule has 0 amide bonds. The molecular formula is C7H4INO3S2. The van der Waals surface area contributed by atoms with E-state index in [2.05, 4.69) is 27.0 Å². The Balaban J connectivity index is 2.79. The van der Waals surface area contributed by atoms with Gasteiger partial charge in [0.1, 0.15) is 0 Å². The fourth-order valence-electron chi connectivity index (χ4n) is 1.05. The summed E-state index contributed by atoms with van der Waals surface area (Å²) in [5.74, 6) is 0. The molecular weight excluding hydrogens is 337 g/mol. The lowest BCUT2D eigenvalue weighted by molar-refractivity contribution is 0.483. The Kier molecular flexibility index (Phi) is 2.50. The van der Waals surface area contributed by atoms with Crippen LogP contribution in [-0.4, -0.2) is 17.3 Å². The van der Waals surface area contributed by atoms with Crippen LogP contribution in [0.15, 0.2) is 23.1 Å². The predicted octanol–water partition coefficient (Wildman–Crippen LogP) is 2.15. The van der Waals surface area contributed by atoms with E-state index in [1.165, 1.54) is 23.7 Å². The van der Waals surface area contributed by atoms with Crippen molar-refractivity contribution in [3.8, 4) is 0 Å². The average molecular weight is 341 g/mol. The van der Waals surface area contributed by atoms with Crippen molar-refractivity contribution in [1.29, 1.82) is 0 Å². The molecule has 0 fully saturated rings. The highest BCUT2D eigenvalue weighted by Gasteiger charge is 2.12. The predicted molar refractivity (Wildman–Crippen MR) is 62.2 cm³/mol. The maximum Gasteiger partial charge on any atom is 0.294 e. The third-order valence-electron chi connectivity index (χ3n) is 1.70. The van der Waals surface area contributed by atoms with Gasteiger partial charge in [0, 0.05) is 5.39 Å². The molecule has 1 N–H and O–H groups in total. The molecule has 0 atom stereocenters. The second-order valence-electron chi connectivity index (χ2n) is 2.61. The van der Waals surface area contributed by atoms with Crippen molar-refractivity contribution in [2.24, 2.45) is 0 Å². The SMILES string of the molecule is O=S(=O)(O)c1ccc2nsc(I)c2c1. The summed E-state index contributed by atoms with van der Waals surface area (Å²) in [6.45, 7) is 0. The lowest BCUT2D eigenvalue weighted by atomic mass is 10.3. The number of rotatable bonds is 1. The maximum atomic E-state index is 10.8. The lowest BCUT2D eigenvalue weighted by Crippen LogP contribution is -1.97. The molecule has 0 radical (unpaired) electrons. The number of nitrogens with zero attached hydrogens (tertiary/aromatic N) is 1. The van der Waals surface area contributed by atoms with Crippen molar-refractivity contribution < 1.29 is 13.0 Å². The van der Waals surface area contributed by atoms with Gasteiger partial charge in [-0.05, 0) is 52.3 Å². The summed E-state index contributed by atoms with van der Waals surface area (Å²) < 4.78 is 35.5. The summed E-state index contributed by atoms with van der Waals surface area (Å²) in [5, 5.41) is 0.755. The molecule has 0 aliphatic heterocycles. The first-order valence-corrected chi connectivity index (χ1v) is 6.80. The monoisotopic (exact) mass is 341 g/mol. The minimum atomic E-state index is -4.12. The number of fused-ring (bicyclic) bond motifs is 1. The van der Waals surface area contributed by atoms with E-state index in [1.54, 1.807) is 6.07 Å². The van der Waals surface area contributed by atoms with Crippen molar-refractivity contribution in [1.82, 2.24) is 4.37 Å². The highest BCUT2D eigenvalue weighted by Crippen LogP contribution is 2.26. The lowest BCUT2D eigenvalue weighted by Gasteiger charge is -1.95. The average Bonchev–Trinajstić information content (AvgIpc) is 2.46. The summed E-state index contributed by atoms with van der Waals surface area (Å²) in [6, 6.07) is 4.35. The van der Waals surface area contributed by atoms with Crippen LogP contribution in [0.4, 0.5) is 0 Å². The second kappa shape index (κ2) is 3.40. The third-order valence-corrected chi connectivity index (χ3v) is 4.39. The molecule has 2 rings (SSSR count). The van der Waals surface area contributed by atoms with Gasteiger partial charge >= 0.3 is 0 Å². The van der Waals surface area contributed by atoms with Crippen molar-refractivity contribution >= 4 is 55.1 Å². The van der Waals surface area contributed by atoms with Gasteiger partial charge in [0.05, 0.1) is 13.3 Å². The number of halogens is 1. The first kappa shape index (κ1) is 10.3. The van der Waals surface area contributed by atoms with Gasteiger partial charge in [0.15, 0.2) is 0 Å². The molecule has 14 heavy (non-hydrogen) atoms. The molecule has 0 bridgehead atoms. The van der Waals surface area contributed by atoms with E-state index in [0.29, 0.717) is 0 Å². The summed E-state index contributed by atoms with van der Waals surface area (Å²) >= 11 is 3.37. The van der Waals surface area contributed by atoms with E-state index in [1.807, 2.05) is 0 Å². The first-order valence-electron chi connectivity index (χ1n) is 3.51. The van der Waals surface area contributed by atoms with Gasteiger partial charge in [0.25, 0.3) is 10.1 Å². The van der Waals surface area contributed by atoms with Crippen LogP contribution in [0.25, 0.3) is 10.9 Å². The molecule has 1 aromatic heterocycles. The fourth-order valence-corrected chi connectivity index (χ4v) is 2.88. The Hall–Kier alpha value is -0.250. The molecule has 1 aromatic carbocycles. The van der Waals surface area contributed by atoms with Crippen molar-refractivity contribution in [2.75, 3.05) is 0 Å².